The Hall–Kier alpha value is -3.46. The first-order valence-corrected chi connectivity index (χ1v) is 11.3. The molecule has 0 N–H and O–H groups in total. The summed E-state index contributed by atoms with van der Waals surface area (Å²) in [5.41, 5.74) is 11.0. The first kappa shape index (κ1) is 18.1. The van der Waals surface area contributed by atoms with Crippen LogP contribution in [-0.4, -0.2) is 6.71 Å². The van der Waals surface area contributed by atoms with Crippen LogP contribution in [0.5, 0.6) is 11.5 Å². The highest BCUT2D eigenvalue weighted by Gasteiger charge is 2.46. The van der Waals surface area contributed by atoms with Gasteiger partial charge in [0.05, 0.1) is 0 Å². The van der Waals surface area contributed by atoms with Crippen LogP contribution in [0.2, 0.25) is 0 Å². The van der Waals surface area contributed by atoms with Crippen molar-refractivity contribution in [2.45, 2.75) is 33.1 Å². The maximum Gasteiger partial charge on any atom is 0.251 e. The lowest BCUT2D eigenvalue weighted by Crippen LogP contribution is -2.62. The SMILES string of the molecule is Cc1ccc2c(c1)B1c3cc4c(cc3C(C)(C)c3c(C)ccc(c31)O2)oc1ccccc14. The molecule has 0 saturated heterocycles. The summed E-state index contributed by atoms with van der Waals surface area (Å²) in [7, 11) is 0. The maximum atomic E-state index is 6.47. The lowest BCUT2D eigenvalue weighted by atomic mass is 9.30. The Morgan fingerprint density at radius 3 is 2.44 bits per heavy atom. The minimum atomic E-state index is -0.154. The van der Waals surface area contributed by atoms with Gasteiger partial charge in [-0.2, -0.15) is 0 Å². The van der Waals surface area contributed by atoms with E-state index in [2.05, 4.69) is 88.4 Å². The van der Waals surface area contributed by atoms with Gasteiger partial charge in [0, 0.05) is 16.2 Å². The summed E-state index contributed by atoms with van der Waals surface area (Å²) in [6, 6.07) is 23.9. The van der Waals surface area contributed by atoms with Crippen LogP contribution in [0.4, 0.5) is 0 Å². The van der Waals surface area contributed by atoms with E-state index in [0.29, 0.717) is 0 Å². The van der Waals surface area contributed by atoms with Crippen molar-refractivity contribution >= 4 is 45.0 Å². The average molecular weight is 414 g/mol. The fraction of sp³-hybridized carbons (Fsp3) is 0.172. The van der Waals surface area contributed by atoms with E-state index < -0.39 is 0 Å². The molecular formula is C29H23BO2. The van der Waals surface area contributed by atoms with E-state index in [0.717, 1.165) is 22.7 Å². The molecule has 1 aromatic heterocycles. The zero-order valence-corrected chi connectivity index (χ0v) is 18.7. The van der Waals surface area contributed by atoms with Gasteiger partial charge in [-0.3, -0.25) is 0 Å². The molecule has 0 amide bonds. The highest BCUT2D eigenvalue weighted by atomic mass is 16.5. The van der Waals surface area contributed by atoms with Gasteiger partial charge in [-0.15, -0.1) is 0 Å². The number of ether oxygens (including phenoxy) is 1. The summed E-state index contributed by atoms with van der Waals surface area (Å²) < 4.78 is 12.8. The number of hydrogen-bond donors (Lipinski definition) is 0. The quantitative estimate of drug-likeness (QED) is 0.308. The summed E-state index contributed by atoms with van der Waals surface area (Å²) >= 11 is 0. The van der Waals surface area contributed by atoms with Crippen LogP contribution in [0.3, 0.4) is 0 Å². The minimum absolute atomic E-state index is 0.154. The summed E-state index contributed by atoms with van der Waals surface area (Å²) in [6.07, 6.45) is 0. The smallest absolute Gasteiger partial charge is 0.251 e. The van der Waals surface area contributed by atoms with E-state index in [1.54, 1.807) is 0 Å². The Bertz CT molecular complexity index is 1610. The number of aryl methyl sites for hydroxylation is 2. The largest absolute Gasteiger partial charge is 0.458 e. The topological polar surface area (TPSA) is 22.4 Å². The van der Waals surface area contributed by atoms with E-state index in [9.17, 15) is 0 Å². The fourth-order valence-corrected chi connectivity index (χ4v) is 6.20. The molecular weight excluding hydrogens is 391 g/mol. The van der Waals surface area contributed by atoms with Crippen LogP contribution >= 0.6 is 0 Å². The van der Waals surface area contributed by atoms with Gasteiger partial charge < -0.3 is 9.15 Å². The van der Waals surface area contributed by atoms with Gasteiger partial charge in [-0.1, -0.05) is 67.3 Å². The Morgan fingerprint density at radius 1 is 0.750 bits per heavy atom. The highest BCUT2D eigenvalue weighted by molar-refractivity contribution is 6.98. The van der Waals surface area contributed by atoms with Crippen LogP contribution in [0.15, 0.2) is 71.1 Å². The van der Waals surface area contributed by atoms with Gasteiger partial charge in [0.25, 0.3) is 6.71 Å². The summed E-state index contributed by atoms with van der Waals surface area (Å²) in [6.45, 7) is 9.22. The number of para-hydroxylation sites is 1. The maximum absolute atomic E-state index is 6.47. The van der Waals surface area contributed by atoms with Crippen LogP contribution < -0.4 is 21.1 Å². The molecule has 0 aliphatic carbocycles. The third kappa shape index (κ3) is 2.16. The van der Waals surface area contributed by atoms with Gasteiger partial charge in [0.15, 0.2) is 0 Å². The van der Waals surface area contributed by atoms with Crippen LogP contribution in [0.1, 0.15) is 36.1 Å². The molecule has 0 unspecified atom stereocenters. The summed E-state index contributed by atoms with van der Waals surface area (Å²) in [5.74, 6) is 1.95. The molecule has 32 heavy (non-hydrogen) atoms. The van der Waals surface area contributed by atoms with Crippen LogP contribution in [-0.2, 0) is 5.41 Å². The third-order valence-corrected chi connectivity index (χ3v) is 7.56. The first-order valence-electron chi connectivity index (χ1n) is 11.3. The number of fused-ring (bicyclic) bond motifs is 7. The van der Waals surface area contributed by atoms with Crippen molar-refractivity contribution in [1.82, 2.24) is 0 Å². The summed E-state index contributed by atoms with van der Waals surface area (Å²) in [4.78, 5) is 0. The second-order valence-electron chi connectivity index (χ2n) is 9.90. The second-order valence-corrected chi connectivity index (χ2v) is 9.90. The number of rotatable bonds is 0. The van der Waals surface area contributed by atoms with E-state index in [-0.39, 0.29) is 12.1 Å². The second kappa shape index (κ2) is 5.86. The predicted molar refractivity (Wildman–Crippen MR) is 133 cm³/mol. The molecule has 3 heteroatoms. The third-order valence-electron chi connectivity index (χ3n) is 7.56. The van der Waals surface area contributed by atoms with Gasteiger partial charge in [-0.05, 0) is 65.7 Å². The molecule has 154 valence electrons. The standard InChI is InChI=1S/C29H23BO2/c1-16-9-11-24-22(13-16)30-21-14-19-18-7-5-6-8-23(18)31-26(19)15-20(21)29(3,4)27-17(2)10-12-25(32-24)28(27)30/h5-15H,1-4H3. The Labute approximate surface area is 187 Å². The monoisotopic (exact) mass is 414 g/mol. The van der Waals surface area contributed by atoms with Gasteiger partial charge >= 0.3 is 0 Å². The van der Waals surface area contributed by atoms with Crippen molar-refractivity contribution < 1.29 is 9.15 Å². The number of hydrogen-bond acceptors (Lipinski definition) is 2. The first-order chi connectivity index (χ1) is 15.4. The Kier molecular flexibility index (Phi) is 3.32. The van der Waals surface area contributed by atoms with Gasteiger partial charge in [0.1, 0.15) is 22.7 Å². The van der Waals surface area contributed by atoms with Gasteiger partial charge in [0.2, 0.25) is 0 Å². The van der Waals surface area contributed by atoms with E-state index in [1.165, 1.54) is 49.4 Å². The Balaban J connectivity index is 1.65. The molecule has 3 heterocycles. The van der Waals surface area contributed by atoms with Crippen LogP contribution in [0, 0.1) is 13.8 Å². The molecule has 0 bridgehead atoms. The molecule has 2 aliphatic rings. The van der Waals surface area contributed by atoms with E-state index in [4.69, 9.17) is 9.15 Å². The highest BCUT2D eigenvalue weighted by Crippen LogP contribution is 2.42. The molecule has 2 nitrogen and oxygen atoms in total. The van der Waals surface area contributed by atoms with Crippen molar-refractivity contribution in [3.05, 3.63) is 89.0 Å². The molecule has 0 fully saturated rings. The van der Waals surface area contributed by atoms with Crippen LogP contribution in [0.25, 0.3) is 21.9 Å². The zero-order chi connectivity index (χ0) is 21.8. The molecule has 0 saturated carbocycles. The normalized spacial score (nSPS) is 15.3. The molecule has 2 aliphatic heterocycles. The molecule has 0 radical (unpaired) electrons. The summed E-state index contributed by atoms with van der Waals surface area (Å²) in [5, 5.41) is 2.36. The van der Waals surface area contributed by atoms with E-state index in [1.807, 2.05) is 6.07 Å². The lowest BCUT2D eigenvalue weighted by Gasteiger charge is -2.42. The Morgan fingerprint density at radius 2 is 1.56 bits per heavy atom. The molecule has 4 aromatic carbocycles. The molecule has 7 rings (SSSR count). The number of furan rings is 1. The van der Waals surface area contributed by atoms with Crippen molar-refractivity contribution in [2.75, 3.05) is 0 Å². The predicted octanol–water partition coefficient (Wildman–Crippen LogP) is 5.46. The van der Waals surface area contributed by atoms with E-state index >= 15 is 0 Å². The van der Waals surface area contributed by atoms with Crippen molar-refractivity contribution in [3.8, 4) is 11.5 Å². The fourth-order valence-electron chi connectivity index (χ4n) is 6.20. The van der Waals surface area contributed by atoms with Crippen molar-refractivity contribution in [2.24, 2.45) is 0 Å². The molecule has 5 aromatic rings. The van der Waals surface area contributed by atoms with Crippen molar-refractivity contribution in [3.63, 3.8) is 0 Å². The lowest BCUT2D eigenvalue weighted by molar-refractivity contribution is 0.484. The zero-order valence-electron chi connectivity index (χ0n) is 18.7. The average Bonchev–Trinajstić information content (AvgIpc) is 3.14. The molecule has 0 spiro atoms. The minimum Gasteiger partial charge on any atom is -0.458 e. The van der Waals surface area contributed by atoms with Crippen molar-refractivity contribution in [1.29, 1.82) is 0 Å². The van der Waals surface area contributed by atoms with Gasteiger partial charge in [-0.25, -0.2) is 0 Å². The number of benzene rings is 4. The molecule has 0 atom stereocenters.